The fourth-order valence-corrected chi connectivity index (χ4v) is 0. The van der Waals surface area contributed by atoms with E-state index in [-0.39, 0.29) is 0 Å². The van der Waals surface area contributed by atoms with Crippen LogP contribution in [0.3, 0.4) is 0 Å². The zero-order valence-electron chi connectivity index (χ0n) is 6.65. The smallest absolute Gasteiger partial charge is 0.401 e. The van der Waals surface area contributed by atoms with Crippen molar-refractivity contribution in [3.63, 3.8) is 0 Å². The van der Waals surface area contributed by atoms with E-state index < -0.39 is 17.1 Å². The summed E-state index contributed by atoms with van der Waals surface area (Å²) in [5, 5.41) is 30.2. The fourth-order valence-electron chi connectivity index (χ4n) is 0. The summed E-state index contributed by atoms with van der Waals surface area (Å²) < 4.78 is 0. The third-order valence-electron chi connectivity index (χ3n) is 0.365. The summed E-state index contributed by atoms with van der Waals surface area (Å²) in [6.07, 6.45) is -0.699. The van der Waals surface area contributed by atoms with Gasteiger partial charge in [-0.15, -0.1) is 0 Å². The molecule has 4 N–H and O–H groups in total. The predicted octanol–water partition coefficient (Wildman–Crippen LogP) is 1.51. The van der Waals surface area contributed by atoms with Crippen molar-refractivity contribution in [1.29, 1.82) is 0 Å². The molecule has 0 aliphatic carbocycles. The first kappa shape index (κ1) is 18.3. The van der Waals surface area contributed by atoms with Crippen molar-refractivity contribution in [3.8, 4) is 0 Å². The lowest BCUT2D eigenvalue weighted by Crippen LogP contribution is -1.99. The van der Waals surface area contributed by atoms with E-state index in [9.17, 15) is 0 Å². The third-order valence-corrected chi connectivity index (χ3v) is 0.365. The average molecular weight is 237 g/mol. The zero-order chi connectivity index (χ0) is 11.4. The second-order valence-corrected chi connectivity index (χ2v) is 2.04. The van der Waals surface area contributed by atoms with Crippen molar-refractivity contribution in [3.05, 3.63) is 0 Å². The summed E-state index contributed by atoms with van der Waals surface area (Å²) in [6, 6.07) is 0. The van der Waals surface area contributed by atoms with E-state index in [0.29, 0.717) is 6.42 Å². The number of hydrogen-bond acceptors (Lipinski definition) is 4. The Kier molecular flexibility index (Phi) is 19.7. The maximum atomic E-state index is 8.77. The van der Waals surface area contributed by atoms with Gasteiger partial charge >= 0.3 is 10.9 Å². The molecule has 0 aliphatic rings. The maximum Gasteiger partial charge on any atom is 0.401 e. The van der Waals surface area contributed by atoms with Crippen molar-refractivity contribution in [1.82, 2.24) is 0 Å². The molecule has 0 rings (SSSR count). The van der Waals surface area contributed by atoms with E-state index in [1.165, 1.54) is 0 Å². The Bertz CT molecular complexity index is 117. The molecule has 0 amide bonds. The van der Waals surface area contributed by atoms with Gasteiger partial charge in [0, 0.05) is 23.2 Å². The van der Waals surface area contributed by atoms with Crippen LogP contribution in [0.15, 0.2) is 0 Å². The van der Waals surface area contributed by atoms with Gasteiger partial charge in [0.05, 0.1) is 0 Å². The molecule has 0 aliphatic heterocycles. The highest BCUT2D eigenvalue weighted by molar-refractivity contribution is 6.60. The highest BCUT2D eigenvalue weighted by atomic mass is 35.5. The number of halogens is 2. The molecule has 0 radical (unpaired) electrons. The van der Waals surface area contributed by atoms with E-state index >= 15 is 0 Å². The first-order valence-corrected chi connectivity index (χ1v) is 3.62. The molecule has 0 bridgehead atoms. The molecule has 6 nitrogen and oxygen atoms in total. The SMILES string of the molecule is CCC(O)O.O=C(O)Cl.O=C(O)Cl. The summed E-state index contributed by atoms with van der Waals surface area (Å²) in [6.45, 7) is 1.70. The highest BCUT2D eigenvalue weighted by Crippen LogP contribution is 1.77. The van der Waals surface area contributed by atoms with Crippen LogP contribution in [0.5, 0.6) is 0 Å². The van der Waals surface area contributed by atoms with Crippen LogP contribution in [0.25, 0.3) is 0 Å². The van der Waals surface area contributed by atoms with Crippen molar-refractivity contribution >= 4 is 34.1 Å². The standard InChI is InChI=1S/C3H8O2.2CHClO2/c1-2-3(4)5;2*2-1(3)4/h3-5H,2H2,1H3;2*(H,3,4). The number of carbonyl (C=O) groups is 2. The van der Waals surface area contributed by atoms with Gasteiger partial charge in [0.15, 0.2) is 6.29 Å². The minimum atomic E-state index is -1.36. The molecule has 0 aromatic rings. The van der Waals surface area contributed by atoms with E-state index in [1.54, 1.807) is 6.92 Å². The Hall–Kier alpha value is -0.560. The molecular weight excluding hydrogens is 227 g/mol. The Morgan fingerprint density at radius 1 is 1.15 bits per heavy atom. The molecule has 0 fully saturated rings. The van der Waals surface area contributed by atoms with Gasteiger partial charge in [-0.1, -0.05) is 6.92 Å². The van der Waals surface area contributed by atoms with Crippen LogP contribution in [0.4, 0.5) is 9.59 Å². The van der Waals surface area contributed by atoms with Gasteiger partial charge in [-0.2, -0.15) is 0 Å². The summed E-state index contributed by atoms with van der Waals surface area (Å²) in [4.78, 5) is 17.5. The lowest BCUT2D eigenvalue weighted by atomic mass is 10.5. The van der Waals surface area contributed by atoms with Gasteiger partial charge in [-0.3, -0.25) is 0 Å². The van der Waals surface area contributed by atoms with Crippen LogP contribution in [-0.2, 0) is 0 Å². The van der Waals surface area contributed by atoms with Gasteiger partial charge < -0.3 is 20.4 Å². The average Bonchev–Trinajstić information content (AvgIpc) is 1.84. The number of aliphatic hydroxyl groups is 2. The summed E-state index contributed by atoms with van der Waals surface area (Å²) in [7, 11) is 0. The molecule has 0 heterocycles. The number of hydrogen-bond donors (Lipinski definition) is 4. The quantitative estimate of drug-likeness (QED) is 0.405. The zero-order valence-corrected chi connectivity index (χ0v) is 8.16. The highest BCUT2D eigenvalue weighted by Gasteiger charge is 1.83. The van der Waals surface area contributed by atoms with Gasteiger partial charge in [0.25, 0.3) is 0 Å². The molecule has 13 heavy (non-hydrogen) atoms. The first-order valence-electron chi connectivity index (χ1n) is 2.87. The molecule has 0 aromatic heterocycles. The van der Waals surface area contributed by atoms with E-state index in [4.69, 9.17) is 30.0 Å². The van der Waals surface area contributed by atoms with Gasteiger partial charge in [-0.05, 0) is 6.42 Å². The summed E-state index contributed by atoms with van der Waals surface area (Å²) >= 11 is 8.38. The molecule has 0 saturated carbocycles. The van der Waals surface area contributed by atoms with Gasteiger partial charge in [0.1, 0.15) is 0 Å². The molecule has 0 saturated heterocycles. The second kappa shape index (κ2) is 14.0. The summed E-state index contributed by atoms with van der Waals surface area (Å²) in [5.74, 6) is 0. The molecule has 80 valence electrons. The predicted molar refractivity (Wildman–Crippen MR) is 46.3 cm³/mol. The van der Waals surface area contributed by atoms with Gasteiger partial charge in [-0.25, -0.2) is 9.59 Å². The van der Waals surface area contributed by atoms with Crippen molar-refractivity contribution in [2.75, 3.05) is 0 Å². The molecule has 8 heteroatoms. The molecule has 0 unspecified atom stereocenters. The summed E-state index contributed by atoms with van der Waals surface area (Å²) in [5.41, 5.74) is -2.72. The monoisotopic (exact) mass is 236 g/mol. The minimum Gasteiger partial charge on any atom is -0.469 e. The maximum absolute atomic E-state index is 8.77. The van der Waals surface area contributed by atoms with Crippen molar-refractivity contribution < 1.29 is 30.0 Å². The van der Waals surface area contributed by atoms with Gasteiger partial charge in [0.2, 0.25) is 0 Å². The van der Waals surface area contributed by atoms with E-state index in [1.807, 2.05) is 0 Å². The molecule has 0 aromatic carbocycles. The lowest BCUT2D eigenvalue weighted by molar-refractivity contribution is -0.0413. The Labute approximate surface area is 84.3 Å². The largest absolute Gasteiger partial charge is 0.469 e. The Balaban J connectivity index is -0.000000117. The number of rotatable bonds is 1. The first-order chi connectivity index (χ1) is 5.73. The molecular formula is C5H10Cl2O6. The van der Waals surface area contributed by atoms with E-state index in [2.05, 4.69) is 23.2 Å². The number of carboxylic acid groups (broad SMARTS) is 2. The fraction of sp³-hybridized carbons (Fsp3) is 0.600. The third kappa shape index (κ3) is 492. The lowest BCUT2D eigenvalue weighted by Gasteiger charge is -1.90. The van der Waals surface area contributed by atoms with Crippen LogP contribution in [0, 0.1) is 0 Å². The van der Waals surface area contributed by atoms with Crippen LogP contribution in [-0.4, -0.2) is 37.6 Å². The molecule has 0 atom stereocenters. The Morgan fingerprint density at radius 3 is 1.23 bits per heavy atom. The van der Waals surface area contributed by atoms with Crippen molar-refractivity contribution in [2.24, 2.45) is 0 Å². The molecule has 0 spiro atoms. The second-order valence-electron chi connectivity index (χ2n) is 1.39. The van der Waals surface area contributed by atoms with Crippen LogP contribution in [0.1, 0.15) is 13.3 Å². The van der Waals surface area contributed by atoms with Crippen LogP contribution in [0.2, 0.25) is 0 Å². The minimum absolute atomic E-state index is 0.417. The topological polar surface area (TPSA) is 115 Å². The van der Waals surface area contributed by atoms with Crippen LogP contribution < -0.4 is 0 Å². The van der Waals surface area contributed by atoms with Crippen molar-refractivity contribution in [2.45, 2.75) is 19.6 Å². The van der Waals surface area contributed by atoms with E-state index in [0.717, 1.165) is 0 Å². The normalized spacial score (nSPS) is 7.54. The van der Waals surface area contributed by atoms with Crippen LogP contribution >= 0.6 is 23.2 Å². The number of aliphatic hydroxyl groups excluding tert-OH is 1. The Morgan fingerprint density at radius 2 is 1.23 bits per heavy atom.